The second kappa shape index (κ2) is 9.41. The average Bonchev–Trinajstić information content (AvgIpc) is 3.46. The summed E-state index contributed by atoms with van der Waals surface area (Å²) in [7, 11) is 5.30. The summed E-state index contributed by atoms with van der Waals surface area (Å²) in [6.07, 6.45) is 2.34. The number of nitrogens with two attached hydrogens (primary N) is 1. The van der Waals surface area contributed by atoms with Gasteiger partial charge in [0.15, 0.2) is 11.5 Å². The smallest absolute Gasteiger partial charge is 0.270 e. The highest BCUT2D eigenvalue weighted by atomic mass is 16.5. The van der Waals surface area contributed by atoms with Crippen LogP contribution >= 0.6 is 0 Å². The fourth-order valence-corrected chi connectivity index (χ4v) is 3.57. The molecule has 0 aliphatic heterocycles. The SMILES string of the molecule is CNCc1ccc(-c2nnc(-c3nc(C4CC4C(=O)N(C)CCOC)cnc3N)o2)cc1. The van der Waals surface area contributed by atoms with Gasteiger partial charge in [0, 0.05) is 44.6 Å². The molecule has 168 valence electrons. The van der Waals surface area contributed by atoms with E-state index in [1.54, 1.807) is 25.3 Å². The highest BCUT2D eigenvalue weighted by Gasteiger charge is 2.46. The summed E-state index contributed by atoms with van der Waals surface area (Å²) in [4.78, 5) is 23.2. The summed E-state index contributed by atoms with van der Waals surface area (Å²) < 4.78 is 10.9. The van der Waals surface area contributed by atoms with Crippen LogP contribution in [0.25, 0.3) is 23.0 Å². The Hall–Kier alpha value is -3.37. The van der Waals surface area contributed by atoms with Crippen LogP contribution in [0.1, 0.15) is 23.6 Å². The van der Waals surface area contributed by atoms with Gasteiger partial charge in [0.25, 0.3) is 5.89 Å². The van der Waals surface area contributed by atoms with E-state index in [0.717, 1.165) is 24.1 Å². The van der Waals surface area contributed by atoms with Gasteiger partial charge in [0.05, 0.1) is 18.5 Å². The zero-order valence-electron chi connectivity index (χ0n) is 18.4. The summed E-state index contributed by atoms with van der Waals surface area (Å²) in [5.41, 5.74) is 9.03. The van der Waals surface area contributed by atoms with Crippen molar-refractivity contribution in [3.63, 3.8) is 0 Å². The molecule has 0 spiro atoms. The van der Waals surface area contributed by atoms with Gasteiger partial charge in [-0.25, -0.2) is 9.97 Å². The number of benzene rings is 1. The van der Waals surface area contributed by atoms with Crippen LogP contribution in [-0.2, 0) is 16.1 Å². The molecule has 1 amide bonds. The molecule has 2 heterocycles. The summed E-state index contributed by atoms with van der Waals surface area (Å²) in [5, 5.41) is 11.4. The van der Waals surface area contributed by atoms with Gasteiger partial charge in [0.1, 0.15) is 0 Å². The lowest BCUT2D eigenvalue weighted by atomic mass is 10.1. The van der Waals surface area contributed by atoms with E-state index in [9.17, 15) is 4.79 Å². The predicted octanol–water partition coefficient (Wildman–Crippen LogP) is 1.70. The van der Waals surface area contributed by atoms with Crippen LogP contribution in [0.15, 0.2) is 34.9 Å². The lowest BCUT2D eigenvalue weighted by Crippen LogP contribution is -2.31. The van der Waals surface area contributed by atoms with E-state index >= 15 is 0 Å². The average molecular weight is 438 g/mol. The number of hydrogen-bond donors (Lipinski definition) is 2. The number of likely N-dealkylation sites (N-methyl/N-ethyl adjacent to an activating group) is 1. The van der Waals surface area contributed by atoms with Crippen molar-refractivity contribution in [2.24, 2.45) is 5.92 Å². The first-order valence-electron chi connectivity index (χ1n) is 10.5. The summed E-state index contributed by atoms with van der Waals surface area (Å²) >= 11 is 0. The van der Waals surface area contributed by atoms with Gasteiger partial charge >= 0.3 is 0 Å². The van der Waals surface area contributed by atoms with Crippen molar-refractivity contribution in [3.8, 4) is 23.0 Å². The lowest BCUT2D eigenvalue weighted by molar-refractivity contribution is -0.131. The van der Waals surface area contributed by atoms with Gasteiger partial charge < -0.3 is 25.1 Å². The van der Waals surface area contributed by atoms with Crippen molar-refractivity contribution in [3.05, 3.63) is 41.7 Å². The molecule has 10 heteroatoms. The minimum absolute atomic E-state index is 0.00135. The third kappa shape index (κ3) is 4.61. The Morgan fingerprint density at radius 2 is 2.03 bits per heavy atom. The molecule has 2 atom stereocenters. The molecule has 2 aromatic heterocycles. The molecule has 10 nitrogen and oxygen atoms in total. The normalized spacial score (nSPS) is 17.3. The van der Waals surface area contributed by atoms with Gasteiger partial charge in [-0.05, 0) is 31.2 Å². The molecule has 1 aliphatic rings. The van der Waals surface area contributed by atoms with E-state index in [-0.39, 0.29) is 29.5 Å². The summed E-state index contributed by atoms with van der Waals surface area (Å²) in [6, 6.07) is 7.85. The zero-order chi connectivity index (χ0) is 22.7. The fourth-order valence-electron chi connectivity index (χ4n) is 3.57. The number of aromatic nitrogens is 4. The van der Waals surface area contributed by atoms with Crippen LogP contribution in [0.4, 0.5) is 5.82 Å². The predicted molar refractivity (Wildman–Crippen MR) is 118 cm³/mol. The number of hydrogen-bond acceptors (Lipinski definition) is 9. The molecular formula is C22H27N7O3. The van der Waals surface area contributed by atoms with Crippen LogP contribution < -0.4 is 11.1 Å². The number of carbonyl (C=O) groups excluding carboxylic acids is 1. The maximum Gasteiger partial charge on any atom is 0.270 e. The van der Waals surface area contributed by atoms with E-state index in [4.69, 9.17) is 14.9 Å². The van der Waals surface area contributed by atoms with Gasteiger partial charge in [-0.3, -0.25) is 4.79 Å². The van der Waals surface area contributed by atoms with E-state index in [1.807, 2.05) is 31.3 Å². The maximum absolute atomic E-state index is 12.6. The molecule has 4 rings (SSSR count). The van der Waals surface area contributed by atoms with Gasteiger partial charge in [-0.2, -0.15) is 0 Å². The minimum Gasteiger partial charge on any atom is -0.414 e. The van der Waals surface area contributed by atoms with Crippen LogP contribution in [-0.4, -0.2) is 65.3 Å². The van der Waals surface area contributed by atoms with Crippen molar-refractivity contribution < 1.29 is 13.9 Å². The molecule has 0 radical (unpaired) electrons. The van der Waals surface area contributed by atoms with E-state index < -0.39 is 0 Å². The van der Waals surface area contributed by atoms with Gasteiger partial charge in [-0.15, -0.1) is 10.2 Å². The molecule has 1 fully saturated rings. The van der Waals surface area contributed by atoms with Crippen LogP contribution in [0.5, 0.6) is 0 Å². The Balaban J connectivity index is 1.50. The Bertz CT molecular complexity index is 1080. The lowest BCUT2D eigenvalue weighted by Gasteiger charge is -2.16. The van der Waals surface area contributed by atoms with Crippen LogP contribution in [0.3, 0.4) is 0 Å². The van der Waals surface area contributed by atoms with Crippen molar-refractivity contribution in [2.75, 3.05) is 40.1 Å². The number of anilines is 1. The van der Waals surface area contributed by atoms with Crippen molar-refractivity contribution >= 4 is 11.7 Å². The number of rotatable bonds is 9. The standard InChI is InChI=1S/C22H27N7O3/c1-24-11-13-4-6-14(7-5-13)20-27-28-21(32-20)18-19(23)25-12-17(26-18)15-10-16(15)22(30)29(2)8-9-31-3/h4-7,12,15-16,24H,8-11H2,1-3H3,(H2,23,25). The van der Waals surface area contributed by atoms with Crippen LogP contribution in [0.2, 0.25) is 0 Å². The molecular weight excluding hydrogens is 410 g/mol. The number of ether oxygens (including phenoxy) is 1. The molecule has 32 heavy (non-hydrogen) atoms. The third-order valence-electron chi connectivity index (χ3n) is 5.52. The maximum atomic E-state index is 12.6. The Labute approximate surface area is 186 Å². The fraction of sp³-hybridized carbons (Fsp3) is 0.409. The topological polar surface area (TPSA) is 132 Å². The monoisotopic (exact) mass is 437 g/mol. The second-order valence-electron chi connectivity index (χ2n) is 7.87. The summed E-state index contributed by atoms with van der Waals surface area (Å²) in [6.45, 7) is 1.84. The van der Waals surface area contributed by atoms with Gasteiger partial charge in [-0.1, -0.05) is 12.1 Å². The largest absolute Gasteiger partial charge is 0.414 e. The summed E-state index contributed by atoms with van der Waals surface area (Å²) in [5.74, 6) is 0.746. The van der Waals surface area contributed by atoms with Crippen molar-refractivity contribution in [2.45, 2.75) is 18.9 Å². The van der Waals surface area contributed by atoms with E-state index in [1.165, 1.54) is 0 Å². The van der Waals surface area contributed by atoms with Crippen LogP contribution in [0, 0.1) is 5.92 Å². The number of carbonyl (C=O) groups is 1. The highest BCUT2D eigenvalue weighted by molar-refractivity contribution is 5.82. The quantitative estimate of drug-likeness (QED) is 0.513. The number of nitrogens with zero attached hydrogens (tertiary/aromatic N) is 5. The molecule has 1 aromatic carbocycles. The van der Waals surface area contributed by atoms with Gasteiger partial charge in [0.2, 0.25) is 11.8 Å². The molecule has 0 saturated heterocycles. The number of methoxy groups -OCH3 is 1. The van der Waals surface area contributed by atoms with E-state index in [2.05, 4.69) is 25.5 Å². The first-order chi connectivity index (χ1) is 15.5. The first kappa shape index (κ1) is 21.8. The third-order valence-corrected chi connectivity index (χ3v) is 5.52. The number of amides is 1. The number of nitrogen functional groups attached to an aromatic ring is 1. The molecule has 2 unspecified atom stereocenters. The second-order valence-corrected chi connectivity index (χ2v) is 7.87. The minimum atomic E-state index is -0.114. The Morgan fingerprint density at radius 3 is 2.75 bits per heavy atom. The molecule has 0 bridgehead atoms. The molecule has 3 aromatic rings. The molecule has 1 aliphatic carbocycles. The molecule has 1 saturated carbocycles. The highest BCUT2D eigenvalue weighted by Crippen LogP contribution is 2.48. The molecule has 3 N–H and O–H groups in total. The van der Waals surface area contributed by atoms with Crippen molar-refractivity contribution in [1.82, 2.24) is 30.4 Å². The zero-order valence-corrected chi connectivity index (χ0v) is 18.4. The van der Waals surface area contributed by atoms with E-state index in [0.29, 0.717) is 30.4 Å². The Kier molecular flexibility index (Phi) is 6.42. The van der Waals surface area contributed by atoms with Crippen molar-refractivity contribution in [1.29, 1.82) is 0 Å². The Morgan fingerprint density at radius 1 is 1.28 bits per heavy atom. The first-order valence-corrected chi connectivity index (χ1v) is 10.5. The number of nitrogens with one attached hydrogen (secondary N) is 1.